The van der Waals surface area contributed by atoms with Crippen molar-refractivity contribution < 1.29 is 4.74 Å². The van der Waals surface area contributed by atoms with Crippen molar-refractivity contribution in [1.29, 1.82) is 0 Å². The summed E-state index contributed by atoms with van der Waals surface area (Å²) in [6.07, 6.45) is 3.03. The summed E-state index contributed by atoms with van der Waals surface area (Å²) in [5.74, 6) is 0. The van der Waals surface area contributed by atoms with Crippen molar-refractivity contribution in [3.63, 3.8) is 0 Å². The van der Waals surface area contributed by atoms with Crippen LogP contribution < -0.4 is 0 Å². The van der Waals surface area contributed by atoms with Gasteiger partial charge in [-0.05, 0) is 31.5 Å². The fourth-order valence-corrected chi connectivity index (χ4v) is 3.72. The van der Waals surface area contributed by atoms with Crippen LogP contribution in [-0.4, -0.2) is 39.4 Å². The smallest absolute Gasteiger partial charge is 0.112 e. The molecule has 0 spiro atoms. The molecule has 3 heterocycles. The Bertz CT molecular complexity index is 906. The van der Waals surface area contributed by atoms with E-state index in [1.54, 1.807) is 0 Å². The monoisotopic (exact) mass is 376 g/mol. The Labute approximate surface area is 167 Å². The minimum atomic E-state index is 0.0194. The van der Waals surface area contributed by atoms with Crippen LogP contribution in [0.5, 0.6) is 0 Å². The van der Waals surface area contributed by atoms with Gasteiger partial charge in [-0.3, -0.25) is 14.6 Å². The normalized spacial score (nSPS) is 17.7. The molecule has 0 N–H and O–H groups in total. The molecule has 3 aromatic rings. The van der Waals surface area contributed by atoms with Gasteiger partial charge >= 0.3 is 0 Å². The van der Waals surface area contributed by atoms with Gasteiger partial charge in [0.15, 0.2) is 0 Å². The quantitative estimate of drug-likeness (QED) is 0.657. The number of morpholine rings is 1. The maximum atomic E-state index is 6.07. The zero-order chi connectivity index (χ0) is 19.3. The number of aryl methyl sites for hydroxylation is 2. The van der Waals surface area contributed by atoms with E-state index in [0.29, 0.717) is 0 Å². The highest BCUT2D eigenvalue weighted by Gasteiger charge is 2.24. The maximum Gasteiger partial charge on any atom is 0.112 e. The van der Waals surface area contributed by atoms with Crippen molar-refractivity contribution in [3.8, 4) is 0 Å². The van der Waals surface area contributed by atoms with E-state index in [1.165, 1.54) is 11.1 Å². The first-order chi connectivity index (χ1) is 13.7. The number of benzene rings is 1. The van der Waals surface area contributed by atoms with Gasteiger partial charge in [-0.1, -0.05) is 36.4 Å². The van der Waals surface area contributed by atoms with Crippen LogP contribution in [-0.2, 0) is 24.2 Å². The molecule has 2 aromatic heterocycles. The largest absolute Gasteiger partial charge is 0.369 e. The van der Waals surface area contributed by atoms with E-state index in [-0.39, 0.29) is 6.10 Å². The molecule has 4 rings (SSSR count). The third kappa shape index (κ3) is 4.49. The highest BCUT2D eigenvalue weighted by Crippen LogP contribution is 2.23. The van der Waals surface area contributed by atoms with Gasteiger partial charge < -0.3 is 4.74 Å². The summed E-state index contributed by atoms with van der Waals surface area (Å²) in [6.45, 7) is 8.56. The predicted octanol–water partition coefficient (Wildman–Crippen LogP) is 3.77. The molecular weight excluding hydrogens is 348 g/mol. The number of hydrogen-bond donors (Lipinski definition) is 0. The Balaban J connectivity index is 1.44. The fourth-order valence-electron chi connectivity index (χ4n) is 3.72. The van der Waals surface area contributed by atoms with Gasteiger partial charge in [-0.25, -0.2) is 0 Å². The Hall–Kier alpha value is -2.50. The predicted molar refractivity (Wildman–Crippen MR) is 110 cm³/mol. The Kier molecular flexibility index (Phi) is 5.84. The van der Waals surface area contributed by atoms with E-state index in [2.05, 4.69) is 72.5 Å². The molecule has 5 nitrogen and oxygen atoms in total. The third-order valence-corrected chi connectivity index (χ3v) is 5.30. The summed E-state index contributed by atoms with van der Waals surface area (Å²) in [5.41, 5.74) is 5.81. The molecule has 146 valence electrons. The van der Waals surface area contributed by atoms with Crippen molar-refractivity contribution in [1.82, 2.24) is 19.7 Å². The van der Waals surface area contributed by atoms with Crippen LogP contribution in [0.25, 0.3) is 0 Å². The minimum Gasteiger partial charge on any atom is -0.369 e. The molecule has 1 aromatic carbocycles. The number of nitrogens with zero attached hydrogens (tertiary/aromatic N) is 4. The lowest BCUT2D eigenvalue weighted by atomic mass is 10.1. The first kappa shape index (κ1) is 18.8. The van der Waals surface area contributed by atoms with Crippen molar-refractivity contribution in [3.05, 3.63) is 82.9 Å². The molecule has 5 heteroatoms. The molecule has 1 aliphatic rings. The SMILES string of the molecule is CCn1cc(CN2CCO[C@H](c3cccc(Cc4ccccc4)n3)C2)c(C)n1. The number of hydrogen-bond acceptors (Lipinski definition) is 4. The molecular formula is C23H28N4O. The van der Waals surface area contributed by atoms with Gasteiger partial charge in [0.25, 0.3) is 0 Å². The van der Waals surface area contributed by atoms with Crippen LogP contribution in [0.4, 0.5) is 0 Å². The van der Waals surface area contributed by atoms with E-state index >= 15 is 0 Å². The Morgan fingerprint density at radius 1 is 1.11 bits per heavy atom. The second-order valence-corrected chi connectivity index (χ2v) is 7.41. The molecule has 1 atom stereocenters. The van der Waals surface area contributed by atoms with Gasteiger partial charge in [0.2, 0.25) is 0 Å². The van der Waals surface area contributed by atoms with Crippen molar-refractivity contribution in [2.75, 3.05) is 19.7 Å². The van der Waals surface area contributed by atoms with E-state index in [1.807, 2.05) is 10.7 Å². The minimum absolute atomic E-state index is 0.0194. The van der Waals surface area contributed by atoms with E-state index in [0.717, 1.165) is 56.3 Å². The first-order valence-corrected chi connectivity index (χ1v) is 10.1. The summed E-state index contributed by atoms with van der Waals surface area (Å²) in [5, 5.41) is 4.57. The lowest BCUT2D eigenvalue weighted by molar-refractivity contribution is -0.0351. The molecule has 1 fully saturated rings. The van der Waals surface area contributed by atoms with Crippen molar-refractivity contribution >= 4 is 0 Å². The van der Waals surface area contributed by atoms with Crippen LogP contribution in [0.15, 0.2) is 54.7 Å². The van der Waals surface area contributed by atoms with Gasteiger partial charge in [-0.2, -0.15) is 5.10 Å². The summed E-state index contributed by atoms with van der Waals surface area (Å²) in [6, 6.07) is 16.8. The Morgan fingerprint density at radius 3 is 2.75 bits per heavy atom. The number of aromatic nitrogens is 3. The molecule has 0 aliphatic carbocycles. The van der Waals surface area contributed by atoms with Gasteiger partial charge in [0.05, 0.1) is 18.0 Å². The van der Waals surface area contributed by atoms with Crippen LogP contribution in [0.3, 0.4) is 0 Å². The lowest BCUT2D eigenvalue weighted by Crippen LogP contribution is -2.38. The van der Waals surface area contributed by atoms with E-state index in [4.69, 9.17) is 9.72 Å². The van der Waals surface area contributed by atoms with Crippen molar-refractivity contribution in [2.45, 2.75) is 39.5 Å². The molecule has 0 saturated carbocycles. The maximum absolute atomic E-state index is 6.07. The molecule has 28 heavy (non-hydrogen) atoms. The number of rotatable bonds is 6. The van der Waals surface area contributed by atoms with Crippen LogP contribution >= 0.6 is 0 Å². The molecule has 0 amide bonds. The molecule has 1 aliphatic heterocycles. The summed E-state index contributed by atoms with van der Waals surface area (Å²) < 4.78 is 8.08. The number of pyridine rings is 1. The average molecular weight is 377 g/mol. The first-order valence-electron chi connectivity index (χ1n) is 10.1. The molecule has 0 unspecified atom stereocenters. The highest BCUT2D eigenvalue weighted by atomic mass is 16.5. The number of ether oxygens (including phenoxy) is 1. The molecule has 1 saturated heterocycles. The van der Waals surface area contributed by atoms with Gasteiger partial charge in [0.1, 0.15) is 6.10 Å². The fraction of sp³-hybridized carbons (Fsp3) is 0.391. The van der Waals surface area contributed by atoms with Gasteiger partial charge in [-0.15, -0.1) is 0 Å². The van der Waals surface area contributed by atoms with Crippen LogP contribution in [0.1, 0.15) is 41.2 Å². The average Bonchev–Trinajstić information content (AvgIpc) is 3.09. The summed E-state index contributed by atoms with van der Waals surface area (Å²) in [7, 11) is 0. The zero-order valence-electron chi connectivity index (χ0n) is 16.7. The Morgan fingerprint density at radius 2 is 1.96 bits per heavy atom. The summed E-state index contributed by atoms with van der Waals surface area (Å²) >= 11 is 0. The zero-order valence-corrected chi connectivity index (χ0v) is 16.7. The molecule has 0 radical (unpaired) electrons. The lowest BCUT2D eigenvalue weighted by Gasteiger charge is -2.32. The highest BCUT2D eigenvalue weighted by molar-refractivity contribution is 5.23. The van der Waals surface area contributed by atoms with Crippen LogP contribution in [0, 0.1) is 6.92 Å². The molecule has 0 bridgehead atoms. The van der Waals surface area contributed by atoms with E-state index < -0.39 is 0 Å². The van der Waals surface area contributed by atoms with E-state index in [9.17, 15) is 0 Å². The second-order valence-electron chi connectivity index (χ2n) is 7.41. The topological polar surface area (TPSA) is 43.2 Å². The van der Waals surface area contributed by atoms with Crippen LogP contribution in [0.2, 0.25) is 0 Å². The second kappa shape index (κ2) is 8.67. The standard InChI is InChI=1S/C23H28N4O/c1-3-27-16-20(18(2)25-27)15-26-12-13-28-23(17-26)22-11-7-10-21(24-22)14-19-8-5-4-6-9-19/h4-11,16,23H,3,12-15,17H2,1-2H3/t23-/m0/s1. The van der Waals surface area contributed by atoms with Crippen molar-refractivity contribution in [2.24, 2.45) is 0 Å². The third-order valence-electron chi connectivity index (χ3n) is 5.30. The summed E-state index contributed by atoms with van der Waals surface area (Å²) in [4.78, 5) is 7.35. The van der Waals surface area contributed by atoms with Gasteiger partial charge in [0, 0.05) is 50.1 Å².